The van der Waals surface area contributed by atoms with E-state index in [0.29, 0.717) is 32.8 Å². The lowest BCUT2D eigenvalue weighted by Crippen LogP contribution is -2.26. The number of amidine groups is 1. The number of halogens is 1. The molecule has 0 atom stereocenters. The van der Waals surface area contributed by atoms with Crippen molar-refractivity contribution in [1.29, 1.82) is 5.41 Å². The zero-order chi connectivity index (χ0) is 19.1. The molecule has 2 N–H and O–H groups in total. The minimum Gasteiger partial charge on any atom is -0.510 e. The lowest BCUT2D eigenvalue weighted by Gasteiger charge is -2.22. The van der Waals surface area contributed by atoms with E-state index in [4.69, 9.17) is 26.5 Å². The maximum Gasteiger partial charge on any atom is 0.146 e. The van der Waals surface area contributed by atoms with Gasteiger partial charge in [-0.05, 0) is 18.2 Å². The number of anilines is 1. The van der Waals surface area contributed by atoms with Gasteiger partial charge < -0.3 is 19.5 Å². The highest BCUT2D eigenvalue weighted by Gasteiger charge is 2.33. The summed E-state index contributed by atoms with van der Waals surface area (Å²) < 4.78 is 11.7. The van der Waals surface area contributed by atoms with E-state index >= 15 is 0 Å². The van der Waals surface area contributed by atoms with Gasteiger partial charge in [0.1, 0.15) is 28.1 Å². The summed E-state index contributed by atoms with van der Waals surface area (Å²) in [4.78, 5) is 6.21. The summed E-state index contributed by atoms with van der Waals surface area (Å²) in [6, 6.07) is 11.1. The molecule has 0 aliphatic carbocycles. The minimum absolute atomic E-state index is 0.0908. The number of nitrogens with zero attached hydrogens (tertiary/aromatic N) is 2. The van der Waals surface area contributed by atoms with Crippen LogP contribution in [0.3, 0.4) is 0 Å². The number of thiazole rings is 1. The van der Waals surface area contributed by atoms with Crippen LogP contribution >= 0.6 is 22.9 Å². The molecule has 2 heterocycles. The third-order valence-corrected chi connectivity index (χ3v) is 5.70. The van der Waals surface area contributed by atoms with Crippen LogP contribution in [0.25, 0.3) is 15.8 Å². The van der Waals surface area contributed by atoms with Crippen LogP contribution in [0.1, 0.15) is 5.01 Å². The second kappa shape index (κ2) is 6.75. The molecule has 0 unspecified atom stereocenters. The van der Waals surface area contributed by atoms with Crippen molar-refractivity contribution >= 4 is 50.3 Å². The third kappa shape index (κ3) is 2.89. The Balaban J connectivity index is 1.75. The molecule has 138 valence electrons. The Bertz CT molecular complexity index is 1060. The Morgan fingerprint density at radius 1 is 1.19 bits per heavy atom. The van der Waals surface area contributed by atoms with Gasteiger partial charge in [0, 0.05) is 6.07 Å². The monoisotopic (exact) mass is 401 g/mol. The maximum atomic E-state index is 10.6. The van der Waals surface area contributed by atoms with Crippen LogP contribution < -0.4 is 14.4 Å². The number of aromatic nitrogens is 1. The number of aliphatic hydroxyl groups is 1. The van der Waals surface area contributed by atoms with Crippen LogP contribution in [0.15, 0.2) is 42.2 Å². The third-order valence-electron chi connectivity index (χ3n) is 4.36. The molecule has 4 rings (SSSR count). The summed E-state index contributed by atoms with van der Waals surface area (Å²) in [7, 11) is 3.06. The number of methoxy groups -OCH3 is 2. The predicted molar refractivity (Wildman–Crippen MR) is 109 cm³/mol. The van der Waals surface area contributed by atoms with E-state index in [9.17, 15) is 5.11 Å². The van der Waals surface area contributed by atoms with Gasteiger partial charge in [-0.3, -0.25) is 5.41 Å². The number of hydrogen-bond acceptors (Lipinski definition) is 6. The number of fused-ring (bicyclic) bond motifs is 1. The topological polar surface area (TPSA) is 78.7 Å². The van der Waals surface area contributed by atoms with E-state index in [1.54, 1.807) is 17.0 Å². The molecule has 2 aromatic carbocycles. The molecule has 1 aromatic heterocycles. The number of hydrogen-bond donors (Lipinski definition) is 2. The summed E-state index contributed by atoms with van der Waals surface area (Å²) in [6.07, 6.45) is 0. The van der Waals surface area contributed by atoms with Gasteiger partial charge in [0.05, 0.1) is 47.3 Å². The zero-order valence-electron chi connectivity index (χ0n) is 14.6. The smallest absolute Gasteiger partial charge is 0.146 e. The number of rotatable bonds is 4. The fourth-order valence-electron chi connectivity index (χ4n) is 3.04. The summed E-state index contributed by atoms with van der Waals surface area (Å²) in [6.45, 7) is 0.142. The average Bonchev–Trinajstić information content (AvgIpc) is 3.21. The number of para-hydroxylation sites is 1. The van der Waals surface area contributed by atoms with Crippen LogP contribution in [0.2, 0.25) is 5.02 Å². The van der Waals surface area contributed by atoms with E-state index < -0.39 is 0 Å². The molecule has 3 aromatic rings. The Morgan fingerprint density at radius 3 is 2.63 bits per heavy atom. The highest BCUT2D eigenvalue weighted by Crippen LogP contribution is 2.42. The van der Waals surface area contributed by atoms with Gasteiger partial charge in [0.15, 0.2) is 0 Å². The lowest BCUT2D eigenvalue weighted by atomic mass is 10.2. The van der Waals surface area contributed by atoms with Crippen molar-refractivity contribution in [2.45, 2.75) is 0 Å². The van der Waals surface area contributed by atoms with Crippen molar-refractivity contribution in [3.8, 4) is 11.5 Å². The van der Waals surface area contributed by atoms with Gasteiger partial charge in [0.2, 0.25) is 0 Å². The molecule has 8 heteroatoms. The molecule has 0 saturated carbocycles. The normalized spacial score (nSPS) is 14.3. The summed E-state index contributed by atoms with van der Waals surface area (Å²) in [5.74, 6) is 1.21. The van der Waals surface area contributed by atoms with Crippen molar-refractivity contribution in [2.75, 3.05) is 25.7 Å². The van der Waals surface area contributed by atoms with E-state index in [2.05, 4.69) is 4.98 Å². The molecule has 0 bridgehead atoms. The molecule has 0 spiro atoms. The standard InChI is InChI=1S/C19H16ClN3O3S/c1-25-14-8-15(26-2)12(7-10(14)20)23-9-13(24)17(18(23)21)19-22-11-5-3-4-6-16(11)27-19/h3-8,21,24H,9H2,1-2H3. The first kappa shape index (κ1) is 17.6. The van der Waals surface area contributed by atoms with Gasteiger partial charge in [0.25, 0.3) is 0 Å². The molecule has 27 heavy (non-hydrogen) atoms. The molecule has 0 saturated heterocycles. The first-order valence-electron chi connectivity index (χ1n) is 8.09. The SMILES string of the molecule is COc1cc(OC)c(N2CC(O)=C(c3nc4ccccc4s3)C2=N)cc1Cl. The van der Waals surface area contributed by atoms with Crippen molar-refractivity contribution in [2.24, 2.45) is 0 Å². The molecular weight excluding hydrogens is 386 g/mol. The van der Waals surface area contributed by atoms with Gasteiger partial charge in [-0.1, -0.05) is 23.7 Å². The van der Waals surface area contributed by atoms with Crippen LogP contribution in [0.4, 0.5) is 5.69 Å². The van der Waals surface area contributed by atoms with E-state index in [0.717, 1.165) is 10.2 Å². The number of nitrogens with one attached hydrogen (secondary N) is 1. The Hall–Kier alpha value is -2.77. The Labute approximate surface area is 164 Å². The molecule has 0 radical (unpaired) electrons. The van der Waals surface area contributed by atoms with E-state index in [-0.39, 0.29) is 18.1 Å². The Kier molecular flexibility index (Phi) is 4.41. The molecule has 1 aliphatic rings. The summed E-state index contributed by atoms with van der Waals surface area (Å²) in [5, 5.41) is 20.2. The van der Waals surface area contributed by atoms with Gasteiger partial charge in [-0.2, -0.15) is 0 Å². The van der Waals surface area contributed by atoms with Crippen LogP contribution in [0, 0.1) is 5.41 Å². The van der Waals surface area contributed by atoms with Gasteiger partial charge in [-0.25, -0.2) is 4.98 Å². The molecule has 0 amide bonds. The molecule has 1 aliphatic heterocycles. The van der Waals surface area contributed by atoms with Crippen molar-refractivity contribution in [1.82, 2.24) is 4.98 Å². The van der Waals surface area contributed by atoms with Crippen molar-refractivity contribution in [3.63, 3.8) is 0 Å². The van der Waals surface area contributed by atoms with E-state index in [1.165, 1.54) is 25.6 Å². The van der Waals surface area contributed by atoms with Crippen LogP contribution in [0.5, 0.6) is 11.5 Å². The van der Waals surface area contributed by atoms with Crippen LogP contribution in [-0.2, 0) is 0 Å². The van der Waals surface area contributed by atoms with Crippen molar-refractivity contribution < 1.29 is 14.6 Å². The van der Waals surface area contributed by atoms with E-state index in [1.807, 2.05) is 24.3 Å². The molecule has 0 fully saturated rings. The minimum atomic E-state index is 0.0908. The first-order chi connectivity index (χ1) is 13.0. The number of aliphatic hydroxyl groups excluding tert-OH is 1. The summed E-state index contributed by atoms with van der Waals surface area (Å²) >= 11 is 7.71. The lowest BCUT2D eigenvalue weighted by molar-refractivity contribution is 0.393. The predicted octanol–water partition coefficient (Wildman–Crippen LogP) is 4.73. The van der Waals surface area contributed by atoms with Crippen molar-refractivity contribution in [3.05, 3.63) is 52.2 Å². The second-order valence-corrected chi connectivity index (χ2v) is 7.34. The molecular formula is C19H16ClN3O3S. The number of benzene rings is 2. The Morgan fingerprint density at radius 2 is 1.93 bits per heavy atom. The fourth-order valence-corrected chi connectivity index (χ4v) is 4.31. The summed E-state index contributed by atoms with van der Waals surface area (Å²) in [5.41, 5.74) is 1.84. The highest BCUT2D eigenvalue weighted by atomic mass is 35.5. The highest BCUT2D eigenvalue weighted by molar-refractivity contribution is 7.19. The van der Waals surface area contributed by atoms with Gasteiger partial charge >= 0.3 is 0 Å². The number of ether oxygens (including phenoxy) is 2. The first-order valence-corrected chi connectivity index (χ1v) is 9.29. The zero-order valence-corrected chi connectivity index (χ0v) is 16.2. The maximum absolute atomic E-state index is 10.6. The molecule has 6 nitrogen and oxygen atoms in total. The fraction of sp³-hybridized carbons (Fsp3) is 0.158. The average molecular weight is 402 g/mol. The largest absolute Gasteiger partial charge is 0.510 e. The van der Waals surface area contributed by atoms with Crippen LogP contribution in [-0.4, -0.2) is 36.7 Å². The van der Waals surface area contributed by atoms with Gasteiger partial charge in [-0.15, -0.1) is 11.3 Å². The quantitative estimate of drug-likeness (QED) is 0.660. The second-order valence-electron chi connectivity index (χ2n) is 5.90.